The van der Waals surface area contributed by atoms with Crippen LogP contribution in [0.4, 0.5) is 0 Å². The van der Waals surface area contributed by atoms with Crippen molar-refractivity contribution in [2.24, 2.45) is 23.5 Å². The van der Waals surface area contributed by atoms with E-state index in [2.05, 4.69) is 0 Å². The molecule has 26 heavy (non-hydrogen) atoms. The van der Waals surface area contributed by atoms with Crippen molar-refractivity contribution >= 4 is 23.4 Å². The molecular weight excluding hydrogens is 350 g/mol. The van der Waals surface area contributed by atoms with Crippen molar-refractivity contribution in [3.05, 3.63) is 34.9 Å². The van der Waals surface area contributed by atoms with Crippen LogP contribution in [-0.4, -0.2) is 53.8 Å². The predicted octanol–water partition coefficient (Wildman–Crippen LogP) is 2.39. The molecule has 1 aromatic rings. The molecule has 6 heteroatoms. The molecule has 1 aromatic carbocycles. The van der Waals surface area contributed by atoms with Gasteiger partial charge in [0.2, 0.25) is 5.91 Å². The number of carbonyl (C=O) groups is 2. The maximum absolute atomic E-state index is 13.1. The van der Waals surface area contributed by atoms with Gasteiger partial charge in [0, 0.05) is 42.8 Å². The van der Waals surface area contributed by atoms with Crippen LogP contribution >= 0.6 is 11.6 Å². The van der Waals surface area contributed by atoms with Gasteiger partial charge in [-0.25, -0.2) is 0 Å². The summed E-state index contributed by atoms with van der Waals surface area (Å²) in [5.74, 6) is 1.18. The van der Waals surface area contributed by atoms with Gasteiger partial charge in [0.25, 0.3) is 5.91 Å². The Morgan fingerprint density at radius 1 is 1.04 bits per heavy atom. The van der Waals surface area contributed by atoms with Crippen LogP contribution in [0.5, 0.6) is 0 Å². The number of carbonyl (C=O) groups excluding carboxylic acids is 2. The topological polar surface area (TPSA) is 66.6 Å². The minimum Gasteiger partial charge on any atom is -0.341 e. The number of amides is 2. The van der Waals surface area contributed by atoms with E-state index in [0.717, 1.165) is 19.3 Å². The lowest BCUT2D eigenvalue weighted by Gasteiger charge is -2.32. The molecule has 4 atom stereocenters. The van der Waals surface area contributed by atoms with Crippen molar-refractivity contribution in [1.29, 1.82) is 0 Å². The highest BCUT2D eigenvalue weighted by molar-refractivity contribution is 6.30. The Hall–Kier alpha value is -1.59. The van der Waals surface area contributed by atoms with E-state index in [0.29, 0.717) is 48.6 Å². The zero-order chi connectivity index (χ0) is 18.3. The van der Waals surface area contributed by atoms with E-state index in [-0.39, 0.29) is 23.8 Å². The number of nitrogens with zero attached hydrogens (tertiary/aromatic N) is 2. The number of hydrogen-bond acceptors (Lipinski definition) is 3. The first-order valence-corrected chi connectivity index (χ1v) is 10.0. The Bertz CT molecular complexity index is 708. The molecule has 2 saturated carbocycles. The summed E-state index contributed by atoms with van der Waals surface area (Å²) < 4.78 is 0. The van der Waals surface area contributed by atoms with Gasteiger partial charge in [-0.15, -0.1) is 0 Å². The molecule has 4 rings (SSSR count). The molecule has 5 nitrogen and oxygen atoms in total. The first-order chi connectivity index (χ1) is 12.5. The van der Waals surface area contributed by atoms with Crippen molar-refractivity contribution in [2.75, 3.05) is 26.2 Å². The highest BCUT2D eigenvalue weighted by atomic mass is 35.5. The van der Waals surface area contributed by atoms with Crippen molar-refractivity contribution < 1.29 is 9.59 Å². The molecule has 3 fully saturated rings. The summed E-state index contributed by atoms with van der Waals surface area (Å²) in [6.45, 7) is 2.52. The highest BCUT2D eigenvalue weighted by Crippen LogP contribution is 2.48. The second-order valence-electron chi connectivity index (χ2n) is 7.92. The molecule has 2 aliphatic carbocycles. The van der Waals surface area contributed by atoms with Crippen molar-refractivity contribution in [3.63, 3.8) is 0 Å². The van der Waals surface area contributed by atoms with Gasteiger partial charge in [0.15, 0.2) is 0 Å². The summed E-state index contributed by atoms with van der Waals surface area (Å²) in [6, 6.07) is 7.07. The van der Waals surface area contributed by atoms with E-state index >= 15 is 0 Å². The number of nitrogens with two attached hydrogens (primary N) is 1. The Labute approximate surface area is 159 Å². The van der Waals surface area contributed by atoms with Crippen LogP contribution in [0.1, 0.15) is 36.0 Å². The van der Waals surface area contributed by atoms with Crippen molar-refractivity contribution in [2.45, 2.75) is 31.7 Å². The zero-order valence-electron chi connectivity index (χ0n) is 14.9. The fourth-order valence-corrected chi connectivity index (χ4v) is 5.25. The molecular formula is C20H26ClN3O2. The van der Waals surface area contributed by atoms with Gasteiger partial charge >= 0.3 is 0 Å². The maximum Gasteiger partial charge on any atom is 0.253 e. The van der Waals surface area contributed by atoms with Crippen LogP contribution < -0.4 is 5.73 Å². The number of fused-ring (bicyclic) bond motifs is 2. The molecule has 0 radical (unpaired) electrons. The molecule has 2 N–H and O–H groups in total. The summed E-state index contributed by atoms with van der Waals surface area (Å²) in [4.78, 5) is 29.6. The molecule has 3 aliphatic rings. The molecule has 2 amide bonds. The predicted molar refractivity (Wildman–Crippen MR) is 101 cm³/mol. The van der Waals surface area contributed by atoms with E-state index < -0.39 is 0 Å². The summed E-state index contributed by atoms with van der Waals surface area (Å²) in [6.07, 6.45) is 4.23. The summed E-state index contributed by atoms with van der Waals surface area (Å²) in [7, 11) is 0. The normalized spacial score (nSPS) is 31.2. The van der Waals surface area contributed by atoms with E-state index in [1.165, 1.54) is 6.42 Å². The highest BCUT2D eigenvalue weighted by Gasteiger charge is 2.50. The molecule has 140 valence electrons. The largest absolute Gasteiger partial charge is 0.341 e. The summed E-state index contributed by atoms with van der Waals surface area (Å²) >= 11 is 6.01. The standard InChI is InChI=1S/C20H26ClN3O2/c21-16-4-1-3-15(12-16)19(25)23-7-2-8-24(10-9-23)20(26)17-13-5-6-14(11-13)18(17)22/h1,3-4,12-14,17-18H,2,5-11,22H2. The van der Waals surface area contributed by atoms with E-state index in [9.17, 15) is 9.59 Å². The molecule has 1 saturated heterocycles. The lowest BCUT2D eigenvalue weighted by molar-refractivity contribution is -0.137. The molecule has 1 heterocycles. The van der Waals surface area contributed by atoms with Crippen LogP contribution in [0.2, 0.25) is 5.02 Å². The van der Waals surface area contributed by atoms with E-state index in [1.807, 2.05) is 9.80 Å². The third kappa shape index (κ3) is 3.23. The second-order valence-corrected chi connectivity index (χ2v) is 8.35. The van der Waals surface area contributed by atoms with Gasteiger partial charge < -0.3 is 15.5 Å². The van der Waals surface area contributed by atoms with Crippen LogP contribution in [0.3, 0.4) is 0 Å². The SMILES string of the molecule is NC1C2CCC(C2)C1C(=O)N1CCCN(C(=O)c2cccc(Cl)c2)CC1. The first-order valence-electron chi connectivity index (χ1n) is 9.64. The summed E-state index contributed by atoms with van der Waals surface area (Å²) in [5.41, 5.74) is 6.96. The molecule has 4 unspecified atom stereocenters. The van der Waals surface area contributed by atoms with E-state index in [4.69, 9.17) is 17.3 Å². The van der Waals surface area contributed by atoms with Gasteiger partial charge in [-0.05, 0) is 55.7 Å². The van der Waals surface area contributed by atoms with Gasteiger partial charge in [-0.1, -0.05) is 17.7 Å². The monoisotopic (exact) mass is 375 g/mol. The fourth-order valence-electron chi connectivity index (χ4n) is 5.06. The first kappa shape index (κ1) is 17.8. The van der Waals surface area contributed by atoms with Crippen molar-refractivity contribution in [1.82, 2.24) is 9.80 Å². The molecule has 2 bridgehead atoms. The molecule has 1 aliphatic heterocycles. The third-order valence-corrected chi connectivity index (χ3v) is 6.67. The number of hydrogen-bond donors (Lipinski definition) is 1. The third-order valence-electron chi connectivity index (χ3n) is 6.43. The average molecular weight is 376 g/mol. The zero-order valence-corrected chi connectivity index (χ0v) is 15.7. The summed E-state index contributed by atoms with van der Waals surface area (Å²) in [5, 5.41) is 0.563. The van der Waals surface area contributed by atoms with Crippen LogP contribution in [0.25, 0.3) is 0 Å². The van der Waals surface area contributed by atoms with Gasteiger partial charge in [0.05, 0.1) is 5.92 Å². The Morgan fingerprint density at radius 2 is 1.77 bits per heavy atom. The number of rotatable bonds is 2. The van der Waals surface area contributed by atoms with Crippen LogP contribution in [0.15, 0.2) is 24.3 Å². The Balaban J connectivity index is 1.40. The minimum atomic E-state index is -0.0153. The van der Waals surface area contributed by atoms with Crippen LogP contribution in [0, 0.1) is 17.8 Å². The lowest BCUT2D eigenvalue weighted by atomic mass is 9.84. The van der Waals surface area contributed by atoms with Gasteiger partial charge in [-0.3, -0.25) is 9.59 Å². The Kier molecular flexibility index (Phi) is 4.93. The minimum absolute atomic E-state index is 0.0102. The molecule has 0 aromatic heterocycles. The van der Waals surface area contributed by atoms with Crippen LogP contribution in [-0.2, 0) is 4.79 Å². The smallest absolute Gasteiger partial charge is 0.253 e. The van der Waals surface area contributed by atoms with Gasteiger partial charge in [0.1, 0.15) is 0 Å². The molecule has 0 spiro atoms. The number of halogens is 1. The quantitative estimate of drug-likeness (QED) is 0.863. The fraction of sp³-hybridized carbons (Fsp3) is 0.600. The van der Waals surface area contributed by atoms with Gasteiger partial charge in [-0.2, -0.15) is 0 Å². The average Bonchev–Trinajstić information content (AvgIpc) is 3.13. The van der Waals surface area contributed by atoms with E-state index in [1.54, 1.807) is 24.3 Å². The Morgan fingerprint density at radius 3 is 2.50 bits per heavy atom. The van der Waals surface area contributed by atoms with Crippen molar-refractivity contribution in [3.8, 4) is 0 Å². The lowest BCUT2D eigenvalue weighted by Crippen LogP contribution is -2.48. The maximum atomic E-state index is 13.1. The second kappa shape index (κ2) is 7.20. The number of benzene rings is 1.